The Kier molecular flexibility index (Phi) is 9.80. The maximum absolute atomic E-state index is 10.3. The Hall–Kier alpha value is -0.570. The number of aldehydes is 1. The molecule has 0 bridgehead atoms. The summed E-state index contributed by atoms with van der Waals surface area (Å²) in [6.45, 7) is 7.44. The fourth-order valence-electron chi connectivity index (χ4n) is 4.00. The van der Waals surface area contributed by atoms with Gasteiger partial charge in [0.2, 0.25) is 0 Å². The van der Waals surface area contributed by atoms with E-state index in [-0.39, 0.29) is 24.9 Å². The summed E-state index contributed by atoms with van der Waals surface area (Å²) in [6.07, 6.45) is 8.67. The normalized spacial score (nSPS) is 34.0. The number of aliphatic hydroxyl groups excluding tert-OH is 2. The van der Waals surface area contributed by atoms with Crippen LogP contribution in [0.3, 0.4) is 0 Å². The van der Waals surface area contributed by atoms with E-state index in [1.807, 2.05) is 20.8 Å². The van der Waals surface area contributed by atoms with Gasteiger partial charge in [0.25, 0.3) is 0 Å². The van der Waals surface area contributed by atoms with Crippen molar-refractivity contribution in [1.82, 2.24) is 0 Å². The van der Waals surface area contributed by atoms with Gasteiger partial charge in [-0.05, 0) is 59.3 Å². The number of rotatable bonds is 7. The highest BCUT2D eigenvalue weighted by atomic mass is 16.7. The van der Waals surface area contributed by atoms with Crippen molar-refractivity contribution in [2.45, 2.75) is 90.0 Å². The van der Waals surface area contributed by atoms with E-state index in [9.17, 15) is 4.79 Å². The fourth-order valence-corrected chi connectivity index (χ4v) is 4.00. The van der Waals surface area contributed by atoms with Crippen LogP contribution in [-0.4, -0.2) is 73.6 Å². The SMILES string of the molecule is CCOC(C)OCC.O=CC1CCC2OC2C1.OCC1(CO)CCC2OC2C1. The van der Waals surface area contributed by atoms with Gasteiger partial charge < -0.3 is 34.0 Å². The van der Waals surface area contributed by atoms with Crippen molar-refractivity contribution in [3.05, 3.63) is 0 Å². The fraction of sp³-hybridized carbons (Fsp3) is 0.952. The maximum Gasteiger partial charge on any atom is 0.154 e. The second kappa shape index (κ2) is 11.6. The Morgan fingerprint density at radius 2 is 1.61 bits per heavy atom. The van der Waals surface area contributed by atoms with Crippen LogP contribution >= 0.6 is 0 Å². The monoisotopic (exact) mass is 402 g/mol. The van der Waals surface area contributed by atoms with Gasteiger partial charge in [-0.3, -0.25) is 0 Å². The molecule has 28 heavy (non-hydrogen) atoms. The Morgan fingerprint density at radius 1 is 1.00 bits per heavy atom. The van der Waals surface area contributed by atoms with Gasteiger partial charge in [-0.15, -0.1) is 0 Å². The number of carbonyl (C=O) groups is 1. The van der Waals surface area contributed by atoms with Crippen molar-refractivity contribution < 1.29 is 34.0 Å². The molecule has 2 aliphatic carbocycles. The largest absolute Gasteiger partial charge is 0.396 e. The summed E-state index contributed by atoms with van der Waals surface area (Å²) in [4.78, 5) is 10.3. The van der Waals surface area contributed by atoms with Crippen molar-refractivity contribution in [2.24, 2.45) is 11.3 Å². The molecule has 0 amide bonds. The number of hydrogen-bond acceptors (Lipinski definition) is 7. The van der Waals surface area contributed by atoms with E-state index in [1.165, 1.54) is 0 Å². The standard InChI is InChI=1S/C8H14O3.C7H10O2.C6H14O2/c9-4-8(5-10)2-1-6-7(3-8)11-6;8-4-5-1-2-6-7(3-5)9-6;1-4-7-6(3)8-5-2/h6-7,9-10H,1-5H2;4-7H,1-3H2;6H,4-5H2,1-3H3. The Labute approximate surface area is 168 Å². The first-order valence-corrected chi connectivity index (χ1v) is 10.7. The van der Waals surface area contributed by atoms with E-state index in [1.54, 1.807) is 0 Å². The van der Waals surface area contributed by atoms with Gasteiger partial charge >= 0.3 is 0 Å². The average molecular weight is 403 g/mol. The van der Waals surface area contributed by atoms with Crippen LogP contribution in [-0.2, 0) is 23.7 Å². The molecule has 7 heteroatoms. The lowest BCUT2D eigenvalue weighted by atomic mass is 9.75. The maximum atomic E-state index is 10.3. The van der Waals surface area contributed by atoms with Crippen molar-refractivity contribution in [3.63, 3.8) is 0 Å². The van der Waals surface area contributed by atoms with Crippen LogP contribution in [0, 0.1) is 11.3 Å². The van der Waals surface area contributed by atoms with E-state index in [0.717, 1.165) is 58.0 Å². The van der Waals surface area contributed by atoms with Gasteiger partial charge in [-0.25, -0.2) is 0 Å². The van der Waals surface area contributed by atoms with Crippen LogP contribution in [0.15, 0.2) is 0 Å². The van der Waals surface area contributed by atoms with E-state index in [0.29, 0.717) is 30.3 Å². The molecule has 2 N–H and O–H groups in total. The summed E-state index contributed by atoms with van der Waals surface area (Å²) in [7, 11) is 0. The molecular formula is C21H38O7. The predicted octanol–water partition coefficient (Wildman–Crippen LogP) is 2.07. The lowest BCUT2D eigenvalue weighted by molar-refractivity contribution is -0.123. The first-order valence-electron chi connectivity index (χ1n) is 10.7. The molecular weight excluding hydrogens is 364 g/mol. The van der Waals surface area contributed by atoms with E-state index in [4.69, 9.17) is 29.2 Å². The van der Waals surface area contributed by atoms with E-state index >= 15 is 0 Å². The molecule has 4 rings (SSSR count). The number of fused-ring (bicyclic) bond motifs is 2. The third kappa shape index (κ3) is 7.35. The number of aliphatic hydroxyl groups is 2. The number of ether oxygens (including phenoxy) is 4. The average Bonchev–Trinajstić information content (AvgIpc) is 3.62. The van der Waals surface area contributed by atoms with Crippen LogP contribution < -0.4 is 0 Å². The third-order valence-corrected chi connectivity index (χ3v) is 5.99. The highest BCUT2D eigenvalue weighted by Gasteiger charge is 2.50. The summed E-state index contributed by atoms with van der Waals surface area (Å²) in [5, 5.41) is 18.1. The van der Waals surface area contributed by atoms with Crippen LogP contribution in [0.4, 0.5) is 0 Å². The van der Waals surface area contributed by atoms with Gasteiger partial charge in [-0.1, -0.05) is 0 Å². The Bertz CT molecular complexity index is 448. The molecule has 7 nitrogen and oxygen atoms in total. The van der Waals surface area contributed by atoms with Crippen molar-refractivity contribution in [1.29, 1.82) is 0 Å². The zero-order valence-electron chi connectivity index (χ0n) is 17.5. The molecule has 0 aromatic heterocycles. The molecule has 0 spiro atoms. The molecule has 164 valence electrons. The molecule has 4 fully saturated rings. The molecule has 0 aromatic rings. The number of carbonyl (C=O) groups excluding carboxylic acids is 1. The van der Waals surface area contributed by atoms with Crippen LogP contribution in [0.5, 0.6) is 0 Å². The second-order valence-corrected chi connectivity index (χ2v) is 8.17. The summed E-state index contributed by atoms with van der Waals surface area (Å²) in [5.74, 6) is 0.300. The molecule has 2 saturated carbocycles. The van der Waals surface area contributed by atoms with Gasteiger partial charge in [0, 0.05) is 24.5 Å². The second-order valence-electron chi connectivity index (χ2n) is 8.17. The Morgan fingerprint density at radius 3 is 2.11 bits per heavy atom. The van der Waals surface area contributed by atoms with E-state index < -0.39 is 0 Å². The zero-order valence-corrected chi connectivity index (χ0v) is 17.5. The lowest BCUT2D eigenvalue weighted by Crippen LogP contribution is -2.35. The summed E-state index contributed by atoms with van der Waals surface area (Å²) in [5.41, 5.74) is -0.238. The van der Waals surface area contributed by atoms with Crippen molar-refractivity contribution in [2.75, 3.05) is 26.4 Å². The quantitative estimate of drug-likeness (QED) is 0.382. The molecule has 2 aliphatic heterocycles. The van der Waals surface area contributed by atoms with Gasteiger partial charge in [0.1, 0.15) is 6.29 Å². The minimum atomic E-state index is -0.238. The van der Waals surface area contributed by atoms with Crippen molar-refractivity contribution in [3.8, 4) is 0 Å². The summed E-state index contributed by atoms with van der Waals surface area (Å²) in [6, 6.07) is 0. The topological polar surface area (TPSA) is 101 Å². The van der Waals surface area contributed by atoms with E-state index in [2.05, 4.69) is 0 Å². The lowest BCUT2D eigenvalue weighted by Gasteiger charge is -2.31. The van der Waals surface area contributed by atoms with Gasteiger partial charge in [0.15, 0.2) is 6.29 Å². The van der Waals surface area contributed by atoms with Gasteiger partial charge in [0.05, 0.1) is 37.6 Å². The highest BCUT2D eigenvalue weighted by Crippen LogP contribution is 2.45. The molecule has 0 aromatic carbocycles. The van der Waals surface area contributed by atoms with Crippen LogP contribution in [0.1, 0.15) is 59.3 Å². The minimum Gasteiger partial charge on any atom is -0.396 e. The zero-order chi connectivity index (χ0) is 20.6. The van der Waals surface area contributed by atoms with Crippen LogP contribution in [0.2, 0.25) is 0 Å². The third-order valence-electron chi connectivity index (χ3n) is 5.99. The van der Waals surface area contributed by atoms with Gasteiger partial charge in [-0.2, -0.15) is 0 Å². The predicted molar refractivity (Wildman–Crippen MR) is 104 cm³/mol. The molecule has 0 radical (unpaired) electrons. The molecule has 4 aliphatic rings. The van der Waals surface area contributed by atoms with Crippen molar-refractivity contribution >= 4 is 6.29 Å². The smallest absolute Gasteiger partial charge is 0.154 e. The Balaban J connectivity index is 0.000000153. The highest BCUT2D eigenvalue weighted by molar-refractivity contribution is 5.54. The summed E-state index contributed by atoms with van der Waals surface area (Å²) >= 11 is 0. The summed E-state index contributed by atoms with van der Waals surface area (Å²) < 4.78 is 20.7. The van der Waals surface area contributed by atoms with Crippen LogP contribution in [0.25, 0.3) is 0 Å². The first-order chi connectivity index (χ1) is 13.5. The first kappa shape index (κ1) is 23.7. The number of hydrogen-bond donors (Lipinski definition) is 2. The number of epoxide rings is 2. The molecule has 2 saturated heterocycles. The molecule has 2 heterocycles. The molecule has 5 unspecified atom stereocenters. The minimum absolute atomic E-state index is 0.0370. The molecule has 5 atom stereocenters.